The number of aromatic nitrogens is 2. The van der Waals surface area contributed by atoms with Crippen molar-refractivity contribution in [1.29, 1.82) is 0 Å². The van der Waals surface area contributed by atoms with Gasteiger partial charge in [0.15, 0.2) is 11.5 Å². The Morgan fingerprint density at radius 1 is 1.08 bits per heavy atom. The summed E-state index contributed by atoms with van der Waals surface area (Å²) in [6.45, 7) is 9.85. The molecule has 192 valence electrons. The molecule has 1 atom stereocenters. The molecule has 0 spiro atoms. The number of anilines is 2. The monoisotopic (exact) mass is 502 g/mol. The van der Waals surface area contributed by atoms with Crippen molar-refractivity contribution in [3.05, 3.63) is 35.0 Å². The number of amides is 2. The normalized spacial score (nSPS) is 19.1. The number of alkyl halides is 2. The molecule has 1 N–H and O–H groups in total. The SMILES string of the molecule is CC(=O)N1CCN(c2nc(N[C@H](C)c3ccc4c(c3)OC(F)(F)O4)c3c(n2)C(=O)N(C(C)C)C3)CC1. The molecule has 2 aromatic rings. The Bertz CT molecular complexity index is 1220. The standard InChI is InChI=1S/C24H28F2N6O4/c1-13(2)32-12-17-20(22(32)34)28-23(31-9-7-30(8-10-31)15(4)33)29-21(17)27-14(3)16-5-6-18-19(11-16)36-24(25,26)35-18/h5-6,11,13-14H,7-10,12H2,1-4H3,(H,27,28,29)/t14-/m1/s1. The number of carbonyl (C=O) groups is 2. The lowest BCUT2D eigenvalue weighted by Gasteiger charge is -2.34. The highest BCUT2D eigenvalue weighted by atomic mass is 19.3. The zero-order valence-electron chi connectivity index (χ0n) is 20.5. The summed E-state index contributed by atoms with van der Waals surface area (Å²) < 4.78 is 36.0. The van der Waals surface area contributed by atoms with Crippen LogP contribution < -0.4 is 19.7 Å². The number of ether oxygens (including phenoxy) is 2. The Morgan fingerprint density at radius 2 is 1.78 bits per heavy atom. The summed E-state index contributed by atoms with van der Waals surface area (Å²) in [5, 5.41) is 3.35. The van der Waals surface area contributed by atoms with E-state index in [1.165, 1.54) is 12.1 Å². The van der Waals surface area contributed by atoms with Gasteiger partial charge in [0.25, 0.3) is 5.91 Å². The number of hydrogen-bond donors (Lipinski definition) is 1. The summed E-state index contributed by atoms with van der Waals surface area (Å²) >= 11 is 0. The number of piperazine rings is 1. The number of hydrogen-bond acceptors (Lipinski definition) is 8. The van der Waals surface area contributed by atoms with Gasteiger partial charge in [-0.05, 0) is 38.5 Å². The lowest BCUT2D eigenvalue weighted by atomic mass is 10.1. The minimum absolute atomic E-state index is 0.0185. The van der Waals surface area contributed by atoms with Crippen molar-refractivity contribution in [3.63, 3.8) is 0 Å². The van der Waals surface area contributed by atoms with Gasteiger partial charge in [-0.2, -0.15) is 4.98 Å². The summed E-state index contributed by atoms with van der Waals surface area (Å²) in [6.07, 6.45) is -3.69. The Morgan fingerprint density at radius 3 is 2.44 bits per heavy atom. The zero-order valence-corrected chi connectivity index (χ0v) is 20.5. The molecule has 1 fully saturated rings. The van der Waals surface area contributed by atoms with Crippen LogP contribution in [-0.2, 0) is 11.3 Å². The second-order valence-electron chi connectivity index (χ2n) is 9.46. The fraction of sp³-hybridized carbons (Fsp3) is 0.500. The summed E-state index contributed by atoms with van der Waals surface area (Å²) in [5.41, 5.74) is 1.73. The predicted molar refractivity (Wildman–Crippen MR) is 126 cm³/mol. The van der Waals surface area contributed by atoms with Crippen LogP contribution in [0.5, 0.6) is 11.5 Å². The van der Waals surface area contributed by atoms with E-state index in [-0.39, 0.29) is 35.4 Å². The van der Waals surface area contributed by atoms with Gasteiger partial charge in [0.2, 0.25) is 11.9 Å². The van der Waals surface area contributed by atoms with Crippen LogP contribution in [0.25, 0.3) is 0 Å². The number of nitrogens with one attached hydrogen (secondary N) is 1. The zero-order chi connectivity index (χ0) is 25.8. The molecule has 5 rings (SSSR count). The molecular weight excluding hydrogens is 474 g/mol. The number of nitrogens with zero attached hydrogens (tertiary/aromatic N) is 5. The number of benzene rings is 1. The van der Waals surface area contributed by atoms with Crippen molar-refractivity contribution < 1.29 is 27.8 Å². The molecule has 2 amide bonds. The van der Waals surface area contributed by atoms with Gasteiger partial charge in [-0.1, -0.05) is 6.07 Å². The molecule has 36 heavy (non-hydrogen) atoms. The van der Waals surface area contributed by atoms with E-state index >= 15 is 0 Å². The van der Waals surface area contributed by atoms with Crippen molar-refractivity contribution in [2.24, 2.45) is 0 Å². The first-order valence-corrected chi connectivity index (χ1v) is 11.9. The van der Waals surface area contributed by atoms with E-state index in [1.54, 1.807) is 22.8 Å². The van der Waals surface area contributed by atoms with E-state index in [2.05, 4.69) is 19.8 Å². The van der Waals surface area contributed by atoms with Gasteiger partial charge in [-0.3, -0.25) is 9.59 Å². The molecule has 0 radical (unpaired) electrons. The quantitative estimate of drug-likeness (QED) is 0.666. The van der Waals surface area contributed by atoms with Crippen LogP contribution in [0.2, 0.25) is 0 Å². The van der Waals surface area contributed by atoms with Crippen LogP contribution in [0, 0.1) is 0 Å². The highest BCUT2D eigenvalue weighted by Crippen LogP contribution is 2.42. The van der Waals surface area contributed by atoms with Crippen molar-refractivity contribution in [2.45, 2.75) is 52.6 Å². The van der Waals surface area contributed by atoms with Gasteiger partial charge in [0, 0.05) is 44.7 Å². The van der Waals surface area contributed by atoms with Crippen molar-refractivity contribution in [2.75, 3.05) is 36.4 Å². The molecule has 0 aliphatic carbocycles. The van der Waals surface area contributed by atoms with Gasteiger partial charge in [0.05, 0.1) is 12.6 Å². The Hall–Kier alpha value is -3.70. The maximum absolute atomic E-state index is 13.5. The maximum atomic E-state index is 13.5. The average Bonchev–Trinajstić information content (AvgIpc) is 3.33. The molecule has 0 saturated carbocycles. The Labute approximate surface area is 207 Å². The first kappa shape index (κ1) is 24.0. The summed E-state index contributed by atoms with van der Waals surface area (Å²) in [5.74, 6) is 0.720. The van der Waals surface area contributed by atoms with Crippen molar-refractivity contribution in [3.8, 4) is 11.5 Å². The molecule has 0 bridgehead atoms. The minimum atomic E-state index is -3.69. The second kappa shape index (κ2) is 8.75. The fourth-order valence-electron chi connectivity index (χ4n) is 4.60. The third-order valence-corrected chi connectivity index (χ3v) is 6.70. The van der Waals surface area contributed by atoms with Crippen LogP contribution >= 0.6 is 0 Å². The van der Waals surface area contributed by atoms with Gasteiger partial charge in [0.1, 0.15) is 11.5 Å². The van der Waals surface area contributed by atoms with Crippen LogP contribution in [0.15, 0.2) is 18.2 Å². The molecule has 0 unspecified atom stereocenters. The van der Waals surface area contributed by atoms with Crippen molar-refractivity contribution >= 4 is 23.6 Å². The number of halogens is 2. The van der Waals surface area contributed by atoms with E-state index in [0.717, 1.165) is 0 Å². The molecule has 3 aliphatic rings. The Kier molecular flexibility index (Phi) is 5.84. The van der Waals surface area contributed by atoms with Crippen LogP contribution in [0.4, 0.5) is 20.5 Å². The predicted octanol–water partition coefficient (Wildman–Crippen LogP) is 3.00. The van der Waals surface area contributed by atoms with Crippen LogP contribution in [0.1, 0.15) is 55.4 Å². The lowest BCUT2D eigenvalue weighted by molar-refractivity contribution is -0.286. The molecule has 1 aromatic heterocycles. The molecule has 4 heterocycles. The van der Waals surface area contributed by atoms with Gasteiger partial charge in [-0.25, -0.2) is 4.98 Å². The number of fused-ring (bicyclic) bond motifs is 2. The lowest BCUT2D eigenvalue weighted by Crippen LogP contribution is -2.48. The fourth-order valence-corrected chi connectivity index (χ4v) is 4.60. The molecular formula is C24H28F2N6O4. The molecule has 12 heteroatoms. The molecule has 10 nitrogen and oxygen atoms in total. The first-order valence-electron chi connectivity index (χ1n) is 11.9. The number of carbonyl (C=O) groups excluding carboxylic acids is 2. The second-order valence-corrected chi connectivity index (χ2v) is 9.46. The van der Waals surface area contributed by atoms with E-state index in [0.29, 0.717) is 61.3 Å². The number of rotatable bonds is 5. The Balaban J connectivity index is 1.44. The van der Waals surface area contributed by atoms with Crippen LogP contribution in [0.3, 0.4) is 0 Å². The third-order valence-electron chi connectivity index (χ3n) is 6.70. The smallest absolute Gasteiger partial charge is 0.395 e. The summed E-state index contributed by atoms with van der Waals surface area (Å²) in [4.78, 5) is 39.7. The van der Waals surface area contributed by atoms with E-state index < -0.39 is 6.29 Å². The maximum Gasteiger partial charge on any atom is 0.586 e. The van der Waals surface area contributed by atoms with Crippen molar-refractivity contribution in [1.82, 2.24) is 19.8 Å². The van der Waals surface area contributed by atoms with E-state index in [9.17, 15) is 18.4 Å². The molecule has 1 saturated heterocycles. The molecule has 3 aliphatic heterocycles. The topological polar surface area (TPSA) is 100 Å². The first-order chi connectivity index (χ1) is 17.0. The van der Waals surface area contributed by atoms with Crippen LogP contribution in [-0.4, -0.2) is 70.1 Å². The van der Waals surface area contributed by atoms with Gasteiger partial charge in [-0.15, -0.1) is 8.78 Å². The third kappa shape index (κ3) is 4.35. The van der Waals surface area contributed by atoms with E-state index in [4.69, 9.17) is 4.98 Å². The minimum Gasteiger partial charge on any atom is -0.395 e. The van der Waals surface area contributed by atoms with Gasteiger partial charge < -0.3 is 29.5 Å². The summed E-state index contributed by atoms with van der Waals surface area (Å²) in [6, 6.07) is 4.25. The highest BCUT2D eigenvalue weighted by molar-refractivity contribution is 5.98. The highest BCUT2D eigenvalue weighted by Gasteiger charge is 2.43. The largest absolute Gasteiger partial charge is 0.586 e. The summed E-state index contributed by atoms with van der Waals surface area (Å²) in [7, 11) is 0. The van der Waals surface area contributed by atoms with Gasteiger partial charge >= 0.3 is 6.29 Å². The average molecular weight is 503 g/mol. The molecule has 1 aromatic carbocycles. The van der Waals surface area contributed by atoms with E-state index in [1.807, 2.05) is 25.7 Å².